The van der Waals surface area contributed by atoms with E-state index < -0.39 is 42.9 Å². The van der Waals surface area contributed by atoms with Crippen LogP contribution in [0.2, 0.25) is 5.02 Å². The molecule has 1 aromatic carbocycles. The van der Waals surface area contributed by atoms with Gasteiger partial charge in [0.1, 0.15) is 5.82 Å². The van der Waals surface area contributed by atoms with Gasteiger partial charge in [-0.1, -0.05) is 18.0 Å². The van der Waals surface area contributed by atoms with E-state index in [1.807, 2.05) is 0 Å². The van der Waals surface area contributed by atoms with E-state index in [9.17, 15) is 14.0 Å². The second kappa shape index (κ2) is 7.56. The quantitative estimate of drug-likeness (QED) is 0.920. The third kappa shape index (κ3) is 4.68. The molecule has 1 unspecified atom stereocenters. The van der Waals surface area contributed by atoms with Gasteiger partial charge in [0.25, 0.3) is 5.91 Å². The number of benzene rings is 1. The summed E-state index contributed by atoms with van der Waals surface area (Å²) >= 11 is 5.71. The summed E-state index contributed by atoms with van der Waals surface area (Å²) in [6.07, 6.45) is -4.41. The lowest BCUT2D eigenvalue weighted by atomic mass is 10.0. The summed E-state index contributed by atoms with van der Waals surface area (Å²) in [6, 6.07) is 2.18. The van der Waals surface area contributed by atoms with Crippen LogP contribution in [0.1, 0.15) is 41.9 Å². The van der Waals surface area contributed by atoms with E-state index in [1.165, 1.54) is 6.07 Å². The average molecular weight is 333 g/mol. The highest BCUT2D eigenvalue weighted by atomic mass is 35.5. The summed E-state index contributed by atoms with van der Waals surface area (Å²) in [5.74, 6) is -2.10. The Kier molecular flexibility index (Phi) is 4.07. The number of hydroxylamine groups is 2. The van der Waals surface area contributed by atoms with E-state index in [2.05, 4.69) is 5.32 Å². The molecule has 0 bridgehead atoms. The van der Waals surface area contributed by atoms with Crippen molar-refractivity contribution in [3.05, 3.63) is 34.6 Å². The van der Waals surface area contributed by atoms with Gasteiger partial charge in [-0.15, -0.1) is 5.06 Å². The minimum atomic E-state index is -2.08. The van der Waals surface area contributed by atoms with Gasteiger partial charge in [0.05, 0.1) is 6.04 Å². The monoisotopic (exact) mass is 332 g/mol. The molecule has 1 amide bonds. The van der Waals surface area contributed by atoms with Crippen LogP contribution in [0.3, 0.4) is 0 Å². The number of hydrogen-bond acceptors (Lipinski definition) is 4. The first kappa shape index (κ1) is 11.8. The van der Waals surface area contributed by atoms with Crippen LogP contribution in [0, 0.1) is 5.82 Å². The van der Waals surface area contributed by atoms with Gasteiger partial charge in [0, 0.05) is 36.1 Å². The third-order valence-corrected chi connectivity index (χ3v) is 3.12. The summed E-state index contributed by atoms with van der Waals surface area (Å²) in [6.45, 7) is 0.506. The van der Waals surface area contributed by atoms with Crippen molar-refractivity contribution in [1.82, 2.24) is 10.4 Å². The second-order valence-corrected chi connectivity index (χ2v) is 5.11. The Bertz CT molecular complexity index is 700. The van der Waals surface area contributed by atoms with Gasteiger partial charge in [-0.05, 0) is 30.9 Å². The summed E-state index contributed by atoms with van der Waals surface area (Å²) in [5, 5.41) is 3.40. The molecular weight excluding hydrogens is 311 g/mol. The number of rotatable bonds is 4. The van der Waals surface area contributed by atoms with E-state index >= 15 is 0 Å². The summed E-state index contributed by atoms with van der Waals surface area (Å²) in [7, 11) is 0. The minimum absolute atomic E-state index is 0.0397. The van der Waals surface area contributed by atoms with Gasteiger partial charge in [-0.3, -0.25) is 9.59 Å². The Hall–Kier alpha value is -1.66. The molecule has 1 aliphatic heterocycles. The molecule has 0 saturated carbocycles. The second-order valence-electron chi connectivity index (χ2n) is 4.67. The summed E-state index contributed by atoms with van der Waals surface area (Å²) < 4.78 is 45.1. The SMILES string of the molecule is [2H]C1([2H])CN(OC(C)=O)C(CNC(=O)c2cc(F)cc(Cl)c2)C([2H])([2H])C1. The number of carbonyl (C=O) groups excluding carboxylic acids is 2. The van der Waals surface area contributed by atoms with Crippen molar-refractivity contribution in [3.63, 3.8) is 0 Å². The zero-order chi connectivity index (χ0) is 19.7. The highest BCUT2D eigenvalue weighted by Crippen LogP contribution is 2.18. The number of piperidine rings is 1. The predicted molar refractivity (Wildman–Crippen MR) is 79.9 cm³/mol. The maximum Gasteiger partial charge on any atom is 0.322 e. The molecule has 1 heterocycles. The molecule has 1 fully saturated rings. The molecule has 0 radical (unpaired) electrons. The number of carbonyl (C=O) groups is 2. The standard InChI is InChI=1S/C15H18ClFN2O3/c1-10(20)22-19-5-3-2-4-14(19)9-18-15(21)11-6-12(16)8-13(17)7-11/h6-8,14H,2-5,9H2,1H3,(H,18,21)/i3D2,4D2. The van der Waals surface area contributed by atoms with Crippen LogP contribution in [0.4, 0.5) is 4.39 Å². The summed E-state index contributed by atoms with van der Waals surface area (Å²) in [5.41, 5.74) is -0.0410. The lowest BCUT2D eigenvalue weighted by molar-refractivity contribution is -0.204. The van der Waals surface area contributed by atoms with Crippen molar-refractivity contribution in [3.8, 4) is 0 Å². The molecule has 1 aromatic rings. The number of hydrogen-bond donors (Lipinski definition) is 1. The first-order valence-corrected chi connectivity index (χ1v) is 6.97. The molecule has 1 saturated heterocycles. The van der Waals surface area contributed by atoms with Crippen LogP contribution in [-0.4, -0.2) is 36.1 Å². The summed E-state index contributed by atoms with van der Waals surface area (Å²) in [4.78, 5) is 28.4. The van der Waals surface area contributed by atoms with Crippen molar-refractivity contribution in [1.29, 1.82) is 0 Å². The van der Waals surface area contributed by atoms with Gasteiger partial charge >= 0.3 is 5.97 Å². The minimum Gasteiger partial charge on any atom is -0.368 e. The maximum absolute atomic E-state index is 13.4. The Morgan fingerprint density at radius 1 is 1.55 bits per heavy atom. The molecule has 0 spiro atoms. The van der Waals surface area contributed by atoms with Crippen LogP contribution in [-0.2, 0) is 9.63 Å². The molecule has 7 heteroatoms. The number of halogens is 2. The Morgan fingerprint density at radius 3 is 3.00 bits per heavy atom. The van der Waals surface area contributed by atoms with Crippen LogP contribution in [0.15, 0.2) is 18.2 Å². The van der Waals surface area contributed by atoms with Gasteiger partial charge in [-0.25, -0.2) is 4.39 Å². The average Bonchev–Trinajstić information content (AvgIpc) is 2.42. The number of nitrogens with zero attached hydrogens (tertiary/aromatic N) is 1. The van der Waals surface area contributed by atoms with Crippen LogP contribution in [0.25, 0.3) is 0 Å². The molecule has 1 atom stereocenters. The smallest absolute Gasteiger partial charge is 0.322 e. The highest BCUT2D eigenvalue weighted by Gasteiger charge is 2.25. The van der Waals surface area contributed by atoms with Crippen LogP contribution >= 0.6 is 11.6 Å². The van der Waals surface area contributed by atoms with Crippen molar-refractivity contribution in [2.75, 3.05) is 13.1 Å². The van der Waals surface area contributed by atoms with Crippen molar-refractivity contribution in [2.45, 2.75) is 32.1 Å². The number of amides is 1. The lowest BCUT2D eigenvalue weighted by Crippen LogP contribution is -2.47. The lowest BCUT2D eigenvalue weighted by Gasteiger charge is -2.33. The third-order valence-electron chi connectivity index (χ3n) is 2.90. The predicted octanol–water partition coefficient (Wildman–Crippen LogP) is 2.54. The van der Waals surface area contributed by atoms with Gasteiger partial charge < -0.3 is 10.2 Å². The first-order valence-electron chi connectivity index (χ1n) is 8.59. The van der Waals surface area contributed by atoms with Crippen molar-refractivity contribution in [2.24, 2.45) is 0 Å². The Balaban J connectivity index is 2.15. The molecule has 2 rings (SSSR count). The highest BCUT2D eigenvalue weighted by molar-refractivity contribution is 6.31. The molecule has 1 N–H and O–H groups in total. The molecular formula is C15H18ClFN2O3. The van der Waals surface area contributed by atoms with Crippen LogP contribution in [0.5, 0.6) is 0 Å². The molecule has 0 aliphatic carbocycles. The largest absolute Gasteiger partial charge is 0.368 e. The fraction of sp³-hybridized carbons (Fsp3) is 0.467. The van der Waals surface area contributed by atoms with Gasteiger partial charge in [0.2, 0.25) is 0 Å². The molecule has 1 aliphatic rings. The fourth-order valence-electron chi connectivity index (χ4n) is 1.98. The normalized spacial score (nSPS) is 26.0. The van der Waals surface area contributed by atoms with Crippen molar-refractivity contribution >= 4 is 23.5 Å². The van der Waals surface area contributed by atoms with E-state index in [-0.39, 0.29) is 23.7 Å². The Morgan fingerprint density at radius 2 is 2.32 bits per heavy atom. The molecule has 120 valence electrons. The van der Waals surface area contributed by atoms with Gasteiger partial charge in [0.15, 0.2) is 0 Å². The number of nitrogens with one attached hydrogen (secondary N) is 1. The molecule has 0 aromatic heterocycles. The zero-order valence-electron chi connectivity index (χ0n) is 15.9. The first-order chi connectivity index (χ1) is 11.9. The van der Waals surface area contributed by atoms with Crippen LogP contribution < -0.4 is 5.32 Å². The van der Waals surface area contributed by atoms with E-state index in [1.54, 1.807) is 0 Å². The van der Waals surface area contributed by atoms with Crippen molar-refractivity contribution < 1.29 is 24.3 Å². The van der Waals surface area contributed by atoms with E-state index in [4.69, 9.17) is 21.9 Å². The molecule has 5 nitrogen and oxygen atoms in total. The van der Waals surface area contributed by atoms with Gasteiger partial charge in [-0.2, -0.15) is 0 Å². The van der Waals surface area contributed by atoms with E-state index in [0.717, 1.165) is 24.1 Å². The Labute approximate surface area is 138 Å². The zero-order valence-corrected chi connectivity index (χ0v) is 12.6. The van der Waals surface area contributed by atoms with E-state index in [0.29, 0.717) is 0 Å². The molecule has 22 heavy (non-hydrogen) atoms. The maximum atomic E-state index is 13.4. The topological polar surface area (TPSA) is 58.6 Å². The fourth-order valence-corrected chi connectivity index (χ4v) is 2.20.